The lowest BCUT2D eigenvalue weighted by Crippen LogP contribution is -2.20. The fourth-order valence-corrected chi connectivity index (χ4v) is 3.99. The Labute approximate surface area is 220 Å². The maximum Gasteiger partial charge on any atom is 0.279 e. The van der Waals surface area contributed by atoms with Crippen LogP contribution < -0.4 is 20.7 Å². The minimum atomic E-state index is -0.693. The van der Waals surface area contributed by atoms with E-state index in [-0.39, 0.29) is 42.2 Å². The number of nitrogens with one attached hydrogen (secondary N) is 1. The van der Waals surface area contributed by atoms with Gasteiger partial charge in [0, 0.05) is 35.3 Å². The minimum absolute atomic E-state index is 0. The van der Waals surface area contributed by atoms with Gasteiger partial charge in [-0.05, 0) is 35.7 Å². The maximum atomic E-state index is 12.4. The number of hydroxylamine groups is 1. The third kappa shape index (κ3) is 5.37. The summed E-state index contributed by atoms with van der Waals surface area (Å²) in [5.74, 6) is 0.861. The second-order valence-corrected chi connectivity index (χ2v) is 8.27. The van der Waals surface area contributed by atoms with Crippen molar-refractivity contribution in [3.8, 4) is 33.9 Å². The first-order chi connectivity index (χ1) is 16.6. The Morgan fingerprint density at radius 3 is 2.25 bits per heavy atom. The number of carbonyl (C=O) groups is 1. The molecule has 0 bridgehead atoms. The predicted octanol–water partition coefficient (Wildman–Crippen LogP) is 4.66. The lowest BCUT2D eigenvalue weighted by molar-refractivity contribution is 0.0705. The molecule has 2 atom stereocenters. The number of nitrogens with two attached hydrogens (primary N) is 1. The van der Waals surface area contributed by atoms with Crippen molar-refractivity contribution in [3.63, 3.8) is 0 Å². The molecule has 188 valence electrons. The highest BCUT2D eigenvalue weighted by Gasteiger charge is 2.33. The van der Waals surface area contributed by atoms with Gasteiger partial charge in [-0.15, -0.1) is 24.8 Å². The average Bonchev–Trinajstić information content (AvgIpc) is 3.61. The summed E-state index contributed by atoms with van der Waals surface area (Å²) in [5, 5.41) is 9.76. The van der Waals surface area contributed by atoms with Crippen molar-refractivity contribution in [2.24, 2.45) is 11.7 Å². The molecule has 10 heteroatoms. The monoisotopic (exact) mass is 528 g/mol. The highest BCUT2D eigenvalue weighted by atomic mass is 35.5. The zero-order chi connectivity index (χ0) is 23.7. The number of aromatic nitrogens is 2. The molecule has 2 unspecified atom stereocenters. The first-order valence-electron chi connectivity index (χ1n) is 10.9. The Morgan fingerprint density at radius 1 is 1.06 bits per heavy atom. The van der Waals surface area contributed by atoms with Crippen molar-refractivity contribution in [2.45, 2.75) is 12.5 Å². The standard InChI is InChI=1S/C26H24N4O4.2ClH/c1-33-25-23(26(31)30-32)20-13-28-11-10-22(20)29-24(25)17-4-2-15(3-5-17)16-6-8-19(9-7-16)34-14-18-12-21(18)27;;/h2-11,13,18,21,32H,12,14,27H2,1H3,(H,30,31);2*1H. The number of pyridine rings is 2. The first-order valence-corrected chi connectivity index (χ1v) is 10.9. The zero-order valence-electron chi connectivity index (χ0n) is 19.4. The lowest BCUT2D eigenvalue weighted by atomic mass is 10.00. The van der Waals surface area contributed by atoms with Crippen molar-refractivity contribution in [1.29, 1.82) is 0 Å². The van der Waals surface area contributed by atoms with Gasteiger partial charge in [-0.1, -0.05) is 36.4 Å². The fourth-order valence-electron chi connectivity index (χ4n) is 3.99. The van der Waals surface area contributed by atoms with E-state index in [1.807, 2.05) is 48.5 Å². The number of carbonyl (C=O) groups excluding carboxylic acids is 1. The zero-order valence-corrected chi connectivity index (χ0v) is 21.0. The molecule has 0 saturated heterocycles. The lowest BCUT2D eigenvalue weighted by Gasteiger charge is -2.15. The van der Waals surface area contributed by atoms with Crippen LogP contribution in [0.2, 0.25) is 0 Å². The largest absolute Gasteiger partial charge is 0.494 e. The SMILES string of the molecule is COc1c(-c2ccc(-c3ccc(OCC4CC4N)cc3)cc2)nc2ccncc2c1C(=O)NO.Cl.Cl. The Kier molecular flexibility index (Phi) is 8.70. The maximum absolute atomic E-state index is 12.4. The van der Waals surface area contributed by atoms with Crippen LogP contribution in [0.15, 0.2) is 67.0 Å². The van der Waals surface area contributed by atoms with Gasteiger partial charge >= 0.3 is 0 Å². The number of benzene rings is 2. The van der Waals surface area contributed by atoms with E-state index in [9.17, 15) is 10.0 Å². The molecular formula is C26H26Cl2N4O4. The van der Waals surface area contributed by atoms with Gasteiger partial charge in [-0.25, -0.2) is 10.5 Å². The number of hydrogen-bond donors (Lipinski definition) is 3. The van der Waals surface area contributed by atoms with Gasteiger partial charge in [0.2, 0.25) is 0 Å². The van der Waals surface area contributed by atoms with E-state index in [2.05, 4.69) is 4.98 Å². The van der Waals surface area contributed by atoms with Crippen LogP contribution in [0.1, 0.15) is 16.8 Å². The summed E-state index contributed by atoms with van der Waals surface area (Å²) >= 11 is 0. The third-order valence-electron chi connectivity index (χ3n) is 6.06. The molecule has 0 radical (unpaired) electrons. The highest BCUT2D eigenvalue weighted by Crippen LogP contribution is 2.37. The van der Waals surface area contributed by atoms with Gasteiger partial charge < -0.3 is 15.2 Å². The van der Waals surface area contributed by atoms with Gasteiger partial charge in [0.05, 0.1) is 24.8 Å². The van der Waals surface area contributed by atoms with E-state index in [1.54, 1.807) is 17.7 Å². The van der Waals surface area contributed by atoms with E-state index < -0.39 is 5.91 Å². The molecule has 1 fully saturated rings. The third-order valence-corrected chi connectivity index (χ3v) is 6.06. The molecule has 4 N–H and O–H groups in total. The summed E-state index contributed by atoms with van der Waals surface area (Å²) in [6.45, 7) is 0.655. The molecule has 4 aromatic rings. The molecule has 36 heavy (non-hydrogen) atoms. The van der Waals surface area contributed by atoms with E-state index in [0.29, 0.717) is 29.1 Å². The first kappa shape index (κ1) is 27.2. The van der Waals surface area contributed by atoms with Crippen molar-refractivity contribution in [1.82, 2.24) is 15.4 Å². The summed E-state index contributed by atoms with van der Waals surface area (Å²) in [6, 6.07) is 17.7. The molecule has 1 aliphatic carbocycles. The average molecular weight is 529 g/mol. The van der Waals surface area contributed by atoms with Crippen molar-refractivity contribution in [3.05, 3.63) is 72.6 Å². The molecule has 1 aliphatic rings. The molecule has 1 amide bonds. The molecule has 8 nitrogen and oxygen atoms in total. The number of nitrogens with zero attached hydrogens (tertiary/aromatic N) is 2. The molecule has 0 aliphatic heterocycles. The van der Waals surface area contributed by atoms with Gasteiger partial charge in [-0.3, -0.25) is 15.0 Å². The Hall–Kier alpha value is -3.43. The van der Waals surface area contributed by atoms with Crippen LogP contribution in [0, 0.1) is 5.92 Å². The number of fused-ring (bicyclic) bond motifs is 1. The molecule has 2 aromatic carbocycles. The summed E-state index contributed by atoms with van der Waals surface area (Å²) in [4.78, 5) is 21.2. The van der Waals surface area contributed by atoms with Gasteiger partial charge in [0.15, 0.2) is 5.75 Å². The molecule has 2 heterocycles. The second-order valence-electron chi connectivity index (χ2n) is 8.27. The van der Waals surface area contributed by atoms with Crippen LogP contribution in [0.3, 0.4) is 0 Å². The summed E-state index contributed by atoms with van der Waals surface area (Å²) < 4.78 is 11.4. The number of rotatable bonds is 7. The van der Waals surface area contributed by atoms with Crippen molar-refractivity contribution < 1.29 is 19.5 Å². The topological polar surface area (TPSA) is 120 Å². The van der Waals surface area contributed by atoms with Crippen molar-refractivity contribution >= 4 is 41.6 Å². The van der Waals surface area contributed by atoms with E-state index in [1.165, 1.54) is 13.3 Å². The van der Waals surface area contributed by atoms with Crippen molar-refractivity contribution in [2.75, 3.05) is 13.7 Å². The number of halogens is 2. The quantitative estimate of drug-likeness (QED) is 0.235. The van der Waals surface area contributed by atoms with E-state index in [4.69, 9.17) is 20.2 Å². The molecule has 2 aromatic heterocycles. The fraction of sp³-hybridized carbons (Fsp3) is 0.192. The summed E-state index contributed by atoms with van der Waals surface area (Å²) in [6.07, 6.45) is 4.15. The van der Waals surface area contributed by atoms with Crippen LogP contribution >= 0.6 is 24.8 Å². The van der Waals surface area contributed by atoms with Crippen LogP contribution in [-0.2, 0) is 0 Å². The summed E-state index contributed by atoms with van der Waals surface area (Å²) in [5.41, 5.74) is 11.6. The molecule has 5 rings (SSSR count). The van der Waals surface area contributed by atoms with Crippen LogP contribution in [0.4, 0.5) is 0 Å². The van der Waals surface area contributed by atoms with E-state index >= 15 is 0 Å². The Bertz CT molecular complexity index is 1350. The highest BCUT2D eigenvalue weighted by molar-refractivity contribution is 6.09. The van der Waals surface area contributed by atoms with Gasteiger partial charge in [-0.2, -0.15) is 0 Å². The molecule has 0 spiro atoms. The normalized spacial score (nSPS) is 15.9. The van der Waals surface area contributed by atoms with Crippen LogP contribution in [0.5, 0.6) is 11.5 Å². The van der Waals surface area contributed by atoms with Gasteiger partial charge in [0.1, 0.15) is 11.4 Å². The molecule has 1 saturated carbocycles. The predicted molar refractivity (Wildman–Crippen MR) is 142 cm³/mol. The smallest absolute Gasteiger partial charge is 0.279 e. The molecular weight excluding hydrogens is 503 g/mol. The van der Waals surface area contributed by atoms with E-state index in [0.717, 1.165) is 28.9 Å². The number of hydrogen-bond acceptors (Lipinski definition) is 7. The van der Waals surface area contributed by atoms with Crippen LogP contribution in [0.25, 0.3) is 33.3 Å². The number of ether oxygens (including phenoxy) is 2. The minimum Gasteiger partial charge on any atom is -0.494 e. The van der Waals surface area contributed by atoms with Crippen LogP contribution in [-0.4, -0.2) is 40.8 Å². The number of methoxy groups -OCH3 is 1. The Morgan fingerprint density at radius 2 is 1.67 bits per heavy atom. The summed E-state index contributed by atoms with van der Waals surface area (Å²) in [7, 11) is 1.46. The second kappa shape index (κ2) is 11.5. The Balaban J connectivity index is 0.00000180. The number of amides is 1. The van der Waals surface area contributed by atoms with Gasteiger partial charge in [0.25, 0.3) is 5.91 Å².